The van der Waals surface area contributed by atoms with Crippen LogP contribution < -0.4 is 9.46 Å². The summed E-state index contributed by atoms with van der Waals surface area (Å²) in [7, 11) is -1.89. The summed E-state index contributed by atoms with van der Waals surface area (Å²) in [5, 5.41) is 0. The van der Waals surface area contributed by atoms with Gasteiger partial charge in [0.15, 0.2) is 0 Å². The zero-order chi connectivity index (χ0) is 23.3. The van der Waals surface area contributed by atoms with E-state index in [4.69, 9.17) is 9.72 Å². The lowest BCUT2D eigenvalue weighted by Crippen LogP contribution is -2.34. The first-order valence-corrected chi connectivity index (χ1v) is 12.1. The summed E-state index contributed by atoms with van der Waals surface area (Å²) in [6, 6.07) is 18.6. The highest BCUT2D eigenvalue weighted by Gasteiger charge is 2.39. The number of nitrogens with zero attached hydrogens (tertiary/aromatic N) is 4. The van der Waals surface area contributed by atoms with Gasteiger partial charge in [-0.25, -0.2) is 18.4 Å². The second-order valence-corrected chi connectivity index (χ2v) is 9.27. The highest BCUT2D eigenvalue weighted by atomic mass is 32.2. The summed E-state index contributed by atoms with van der Waals surface area (Å²) in [6.45, 7) is 0. The molecule has 0 radical (unpaired) electrons. The van der Waals surface area contributed by atoms with Crippen LogP contribution in [0.1, 0.15) is 22.5 Å². The summed E-state index contributed by atoms with van der Waals surface area (Å²) in [5.41, 5.74) is 2.37. The first-order valence-electron chi connectivity index (χ1n) is 10.2. The van der Waals surface area contributed by atoms with Crippen LogP contribution in [0, 0.1) is 0 Å². The van der Waals surface area contributed by atoms with Gasteiger partial charge in [-0.1, -0.05) is 24.3 Å². The first-order chi connectivity index (χ1) is 15.9. The molecule has 0 atom stereocenters. The Bertz CT molecular complexity index is 1290. The van der Waals surface area contributed by atoms with Gasteiger partial charge in [0, 0.05) is 43.0 Å². The molecule has 8 nitrogen and oxygen atoms in total. The molecular formula is C24H23N5O3S. The molecule has 0 aliphatic rings. The summed E-state index contributed by atoms with van der Waals surface area (Å²) in [6.07, 6.45) is 8.50. The monoisotopic (exact) mass is 461 g/mol. The average Bonchev–Trinajstić information content (AvgIpc) is 2.83. The molecule has 0 bridgehead atoms. The van der Waals surface area contributed by atoms with Gasteiger partial charge in [0.2, 0.25) is 15.9 Å². The fraction of sp³-hybridized carbons (Fsp3) is 0.167. The van der Waals surface area contributed by atoms with Gasteiger partial charge in [0.25, 0.3) is 0 Å². The van der Waals surface area contributed by atoms with Crippen molar-refractivity contribution in [1.82, 2.24) is 19.9 Å². The molecule has 4 aromatic heterocycles. The predicted molar refractivity (Wildman–Crippen MR) is 126 cm³/mol. The van der Waals surface area contributed by atoms with Crippen molar-refractivity contribution in [3.63, 3.8) is 0 Å². The Morgan fingerprint density at radius 3 is 2.12 bits per heavy atom. The second-order valence-electron chi connectivity index (χ2n) is 7.52. The maximum atomic E-state index is 11.7. The molecule has 1 N–H and O–H groups in total. The maximum Gasteiger partial charge on any atom is 0.230 e. The highest BCUT2D eigenvalue weighted by molar-refractivity contribution is 7.92. The number of hydrogen-bond donors (Lipinski definition) is 1. The quantitative estimate of drug-likeness (QED) is 0.429. The van der Waals surface area contributed by atoms with Crippen LogP contribution in [0.25, 0.3) is 0 Å². The van der Waals surface area contributed by atoms with Crippen molar-refractivity contribution in [3.8, 4) is 5.88 Å². The molecular weight excluding hydrogens is 438 g/mol. The molecule has 4 aromatic rings. The third kappa shape index (κ3) is 4.98. The van der Waals surface area contributed by atoms with Gasteiger partial charge in [-0.2, -0.15) is 0 Å². The molecule has 0 amide bonds. The van der Waals surface area contributed by atoms with Crippen LogP contribution in [0.2, 0.25) is 0 Å². The van der Waals surface area contributed by atoms with Crippen molar-refractivity contribution in [1.29, 1.82) is 0 Å². The van der Waals surface area contributed by atoms with Gasteiger partial charge in [-0.3, -0.25) is 14.7 Å². The number of anilines is 1. The van der Waals surface area contributed by atoms with Crippen LogP contribution in [0.4, 0.5) is 5.82 Å². The van der Waals surface area contributed by atoms with Crippen molar-refractivity contribution in [2.24, 2.45) is 0 Å². The van der Waals surface area contributed by atoms with E-state index < -0.39 is 15.4 Å². The number of nitrogens with one attached hydrogen (secondary N) is 1. The summed E-state index contributed by atoms with van der Waals surface area (Å²) in [4.78, 5) is 18.1. The van der Waals surface area contributed by atoms with E-state index in [1.807, 2.05) is 42.5 Å². The van der Waals surface area contributed by atoms with Gasteiger partial charge in [0.1, 0.15) is 5.82 Å². The van der Waals surface area contributed by atoms with E-state index in [-0.39, 0.29) is 5.82 Å². The average molecular weight is 462 g/mol. The molecule has 4 rings (SSSR count). The Morgan fingerprint density at radius 1 is 0.879 bits per heavy atom. The minimum absolute atomic E-state index is 0.250. The number of hydrogen-bond acceptors (Lipinski definition) is 7. The number of sulfonamides is 1. The fourth-order valence-corrected chi connectivity index (χ4v) is 4.34. The van der Waals surface area contributed by atoms with Crippen molar-refractivity contribution in [2.45, 2.75) is 11.8 Å². The van der Waals surface area contributed by atoms with Gasteiger partial charge in [-0.15, -0.1) is 0 Å². The molecule has 0 saturated heterocycles. The topological polar surface area (TPSA) is 107 Å². The number of aromatic nitrogens is 4. The summed E-state index contributed by atoms with van der Waals surface area (Å²) in [5.74, 6) is 0.727. The van der Waals surface area contributed by atoms with Crippen LogP contribution in [0.5, 0.6) is 5.88 Å². The summed E-state index contributed by atoms with van der Waals surface area (Å²) < 4.78 is 31.3. The molecule has 0 spiro atoms. The van der Waals surface area contributed by atoms with E-state index in [2.05, 4.69) is 19.7 Å². The highest BCUT2D eigenvalue weighted by Crippen LogP contribution is 2.41. The zero-order valence-corrected chi connectivity index (χ0v) is 19.0. The molecule has 0 saturated carbocycles. The second kappa shape index (κ2) is 9.33. The Kier molecular flexibility index (Phi) is 6.32. The van der Waals surface area contributed by atoms with E-state index in [0.717, 1.165) is 23.1 Å². The molecule has 0 aromatic carbocycles. The Hall–Kier alpha value is -3.85. The molecule has 0 aliphatic heterocycles. The lowest BCUT2D eigenvalue weighted by atomic mass is 9.69. The standard InChI is InChI=1S/C24H23N5O3S/c1-32-23-12-4-10-21(28-23)24(18-7-5-13-25-16-18,19-8-6-14-26-17-19)15-20-9-3-11-22(27-20)29-33(2,30)31/h3-14,16-17H,15H2,1-2H3,(H,27,29). The lowest BCUT2D eigenvalue weighted by Gasteiger charge is -2.34. The third-order valence-electron chi connectivity index (χ3n) is 5.22. The van der Waals surface area contributed by atoms with Crippen LogP contribution in [0.3, 0.4) is 0 Å². The number of rotatable bonds is 8. The predicted octanol–water partition coefficient (Wildman–Crippen LogP) is 3.22. The minimum atomic E-state index is -3.46. The van der Waals surface area contributed by atoms with E-state index in [9.17, 15) is 8.42 Å². The molecule has 0 aliphatic carbocycles. The van der Waals surface area contributed by atoms with Crippen molar-refractivity contribution in [3.05, 3.63) is 108 Å². The molecule has 33 heavy (non-hydrogen) atoms. The van der Waals surface area contributed by atoms with Crippen LogP contribution >= 0.6 is 0 Å². The minimum Gasteiger partial charge on any atom is -0.481 e. The molecule has 9 heteroatoms. The Labute approximate surface area is 192 Å². The maximum absolute atomic E-state index is 11.7. The van der Waals surface area contributed by atoms with Gasteiger partial charge < -0.3 is 4.74 Å². The first kappa shape index (κ1) is 22.3. The Morgan fingerprint density at radius 2 is 1.55 bits per heavy atom. The normalized spacial score (nSPS) is 11.7. The van der Waals surface area contributed by atoms with Gasteiger partial charge in [-0.05, 0) is 41.5 Å². The third-order valence-corrected chi connectivity index (χ3v) is 5.80. The summed E-state index contributed by atoms with van der Waals surface area (Å²) >= 11 is 0. The Balaban J connectivity index is 1.95. The van der Waals surface area contributed by atoms with Crippen molar-refractivity contribution in [2.75, 3.05) is 18.1 Å². The smallest absolute Gasteiger partial charge is 0.230 e. The van der Waals surface area contributed by atoms with E-state index >= 15 is 0 Å². The molecule has 4 heterocycles. The number of ether oxygens (including phenoxy) is 1. The largest absolute Gasteiger partial charge is 0.481 e. The van der Waals surface area contributed by atoms with Crippen LogP contribution in [-0.4, -0.2) is 41.7 Å². The van der Waals surface area contributed by atoms with Gasteiger partial charge in [0.05, 0.1) is 24.5 Å². The van der Waals surface area contributed by atoms with Crippen LogP contribution in [-0.2, 0) is 21.9 Å². The van der Waals surface area contributed by atoms with Gasteiger partial charge >= 0.3 is 0 Å². The zero-order valence-electron chi connectivity index (χ0n) is 18.2. The van der Waals surface area contributed by atoms with E-state index in [1.54, 1.807) is 50.1 Å². The van der Waals surface area contributed by atoms with E-state index in [0.29, 0.717) is 18.0 Å². The SMILES string of the molecule is COc1cccc(C(Cc2cccc(NS(C)(=O)=O)n2)(c2cccnc2)c2cccnc2)n1. The fourth-order valence-electron chi connectivity index (χ4n) is 3.85. The van der Waals surface area contributed by atoms with Crippen molar-refractivity contribution >= 4 is 15.8 Å². The van der Waals surface area contributed by atoms with E-state index in [1.165, 1.54) is 0 Å². The van der Waals surface area contributed by atoms with Crippen molar-refractivity contribution < 1.29 is 13.2 Å². The lowest BCUT2D eigenvalue weighted by molar-refractivity contribution is 0.393. The molecule has 0 fully saturated rings. The molecule has 0 unspecified atom stereocenters. The molecule has 168 valence electrons. The van der Waals surface area contributed by atoms with Crippen LogP contribution in [0.15, 0.2) is 85.5 Å². The number of pyridine rings is 4. The number of methoxy groups -OCH3 is 1.